The molecule has 2 heterocycles. The van der Waals surface area contributed by atoms with Crippen LogP contribution in [0.5, 0.6) is 0 Å². The van der Waals surface area contributed by atoms with Crippen molar-refractivity contribution < 1.29 is 18.3 Å². The molecule has 0 N–H and O–H groups in total. The van der Waals surface area contributed by atoms with Crippen molar-refractivity contribution in [2.45, 2.75) is 20.3 Å². The van der Waals surface area contributed by atoms with Crippen molar-refractivity contribution in [3.8, 4) is 0 Å². The molecule has 2 aromatic rings. The van der Waals surface area contributed by atoms with Crippen LogP contribution in [0.4, 0.5) is 8.78 Å². The van der Waals surface area contributed by atoms with Crippen LogP contribution in [0.3, 0.4) is 0 Å². The number of hydrogen-bond donors (Lipinski definition) is 0. The van der Waals surface area contributed by atoms with Gasteiger partial charge in [0.2, 0.25) is 5.78 Å². The molecule has 0 saturated heterocycles. The van der Waals surface area contributed by atoms with Crippen molar-refractivity contribution in [1.29, 1.82) is 0 Å². The molecular weight excluding hydrogens is 244 g/mol. The Balaban J connectivity index is 2.68. The molecule has 0 aliphatic carbocycles. The molecule has 0 aliphatic heterocycles. The van der Waals surface area contributed by atoms with Gasteiger partial charge in [0.15, 0.2) is 5.69 Å². The number of rotatable bonds is 3. The van der Waals surface area contributed by atoms with Crippen LogP contribution in [0.25, 0.3) is 5.78 Å². The number of aromatic nitrogens is 3. The summed E-state index contributed by atoms with van der Waals surface area (Å²) in [5.41, 5.74) is -0.143. The lowest BCUT2D eigenvalue weighted by Crippen LogP contribution is -2.11. The number of imidazole rings is 1. The molecule has 18 heavy (non-hydrogen) atoms. The summed E-state index contributed by atoms with van der Waals surface area (Å²) >= 11 is 0. The largest absolute Gasteiger partial charge is 0.461 e. The third kappa shape index (κ3) is 2.03. The summed E-state index contributed by atoms with van der Waals surface area (Å²) in [4.78, 5) is 19.3. The number of carbonyl (C=O) groups is 1. The lowest BCUT2D eigenvalue weighted by molar-refractivity contribution is 0.0506. The van der Waals surface area contributed by atoms with Crippen molar-refractivity contribution in [2.24, 2.45) is 0 Å². The maximum absolute atomic E-state index is 12.9. The summed E-state index contributed by atoms with van der Waals surface area (Å²) < 4.78 is 31.7. The van der Waals surface area contributed by atoms with Crippen molar-refractivity contribution in [3.05, 3.63) is 29.3 Å². The molecule has 7 heteroatoms. The number of nitrogens with zero attached hydrogens (tertiary/aromatic N) is 3. The van der Waals surface area contributed by atoms with Crippen LogP contribution in [0.15, 0.2) is 12.4 Å². The van der Waals surface area contributed by atoms with Crippen molar-refractivity contribution >= 4 is 11.7 Å². The Morgan fingerprint density at radius 1 is 1.56 bits per heavy atom. The number of esters is 1. The van der Waals surface area contributed by atoms with Gasteiger partial charge in [0.05, 0.1) is 6.61 Å². The summed E-state index contributed by atoms with van der Waals surface area (Å²) in [6.07, 6.45) is 0.159. The highest BCUT2D eigenvalue weighted by Gasteiger charge is 2.26. The summed E-state index contributed by atoms with van der Waals surface area (Å²) in [5, 5.41) is 0. The van der Waals surface area contributed by atoms with E-state index in [-0.39, 0.29) is 18.1 Å². The first-order valence-corrected chi connectivity index (χ1v) is 5.34. The lowest BCUT2D eigenvalue weighted by Gasteiger charge is -2.04. The molecule has 0 bridgehead atoms. The second-order valence-electron chi connectivity index (χ2n) is 3.67. The minimum atomic E-state index is -2.86. The van der Waals surface area contributed by atoms with Crippen LogP contribution in [0.2, 0.25) is 0 Å². The van der Waals surface area contributed by atoms with Gasteiger partial charge in [0.25, 0.3) is 6.43 Å². The molecule has 2 rings (SSSR count). The lowest BCUT2D eigenvalue weighted by atomic mass is 10.3. The number of hydrogen-bond acceptors (Lipinski definition) is 4. The molecule has 0 saturated carbocycles. The Morgan fingerprint density at radius 3 is 2.89 bits per heavy atom. The fourth-order valence-corrected chi connectivity index (χ4v) is 1.60. The van der Waals surface area contributed by atoms with Crippen LogP contribution in [0.1, 0.15) is 35.1 Å². The second kappa shape index (κ2) is 4.67. The van der Waals surface area contributed by atoms with Gasteiger partial charge in [0, 0.05) is 12.4 Å². The van der Waals surface area contributed by atoms with E-state index < -0.39 is 18.1 Å². The standard InChI is InChI=1S/C11H11F2N3O2/c1-3-18-10(17)8-7(9(12)13)15-11-14-4-6(2)5-16(8)11/h4-5,9H,3H2,1-2H3. The highest BCUT2D eigenvalue weighted by atomic mass is 19.3. The zero-order valence-corrected chi connectivity index (χ0v) is 9.85. The Bertz CT molecular complexity index is 595. The topological polar surface area (TPSA) is 56.5 Å². The van der Waals surface area contributed by atoms with Crippen molar-refractivity contribution in [3.63, 3.8) is 0 Å². The Morgan fingerprint density at radius 2 is 2.28 bits per heavy atom. The maximum atomic E-state index is 12.9. The van der Waals surface area contributed by atoms with Gasteiger partial charge in [-0.3, -0.25) is 4.40 Å². The van der Waals surface area contributed by atoms with Gasteiger partial charge in [-0.25, -0.2) is 23.5 Å². The van der Waals surface area contributed by atoms with E-state index >= 15 is 0 Å². The quantitative estimate of drug-likeness (QED) is 0.788. The molecule has 0 spiro atoms. The first kappa shape index (κ1) is 12.4. The Kier molecular flexibility index (Phi) is 3.22. The van der Waals surface area contributed by atoms with Crippen LogP contribution in [-0.4, -0.2) is 26.9 Å². The SMILES string of the molecule is CCOC(=O)c1c(C(F)F)nc2ncc(C)cn12. The summed E-state index contributed by atoms with van der Waals surface area (Å²) in [6, 6.07) is 0. The average molecular weight is 255 g/mol. The minimum Gasteiger partial charge on any atom is -0.461 e. The number of aryl methyl sites for hydroxylation is 1. The average Bonchev–Trinajstić information content (AvgIpc) is 2.67. The predicted molar refractivity (Wildman–Crippen MR) is 58.6 cm³/mol. The molecule has 0 fully saturated rings. The molecule has 0 unspecified atom stereocenters. The van der Waals surface area contributed by atoms with Crippen LogP contribution in [-0.2, 0) is 4.74 Å². The van der Waals surface area contributed by atoms with Gasteiger partial charge >= 0.3 is 5.97 Å². The zero-order chi connectivity index (χ0) is 13.3. The molecule has 0 aromatic carbocycles. The molecule has 0 radical (unpaired) electrons. The fraction of sp³-hybridized carbons (Fsp3) is 0.364. The molecule has 96 valence electrons. The first-order valence-electron chi connectivity index (χ1n) is 5.34. The fourth-order valence-electron chi connectivity index (χ4n) is 1.60. The number of ether oxygens (including phenoxy) is 1. The van der Waals surface area contributed by atoms with Gasteiger partial charge in [0.1, 0.15) is 5.69 Å². The van der Waals surface area contributed by atoms with E-state index in [1.165, 1.54) is 16.8 Å². The molecule has 2 aromatic heterocycles. The number of fused-ring (bicyclic) bond motifs is 1. The second-order valence-corrected chi connectivity index (χ2v) is 3.67. The van der Waals surface area contributed by atoms with Gasteiger partial charge in [-0.05, 0) is 19.4 Å². The zero-order valence-electron chi connectivity index (χ0n) is 9.85. The molecule has 0 aliphatic rings. The van der Waals surface area contributed by atoms with Crippen LogP contribution >= 0.6 is 0 Å². The molecule has 0 atom stereocenters. The summed E-state index contributed by atoms with van der Waals surface area (Å²) in [5.74, 6) is -0.772. The number of alkyl halides is 2. The van der Waals surface area contributed by atoms with Gasteiger partial charge in [-0.1, -0.05) is 0 Å². The van der Waals surface area contributed by atoms with Gasteiger partial charge in [-0.2, -0.15) is 0 Å². The Hall–Kier alpha value is -2.05. The molecule has 5 nitrogen and oxygen atoms in total. The smallest absolute Gasteiger partial charge is 0.357 e. The normalized spacial score (nSPS) is 11.2. The first-order chi connectivity index (χ1) is 8.54. The van der Waals surface area contributed by atoms with E-state index in [0.29, 0.717) is 0 Å². The van der Waals surface area contributed by atoms with Gasteiger partial charge in [-0.15, -0.1) is 0 Å². The van der Waals surface area contributed by atoms with Crippen molar-refractivity contribution in [2.75, 3.05) is 6.61 Å². The van der Waals surface area contributed by atoms with E-state index in [9.17, 15) is 13.6 Å². The molecular formula is C11H11F2N3O2. The highest BCUT2D eigenvalue weighted by Crippen LogP contribution is 2.23. The number of halogens is 2. The van der Waals surface area contributed by atoms with E-state index in [1.54, 1.807) is 13.8 Å². The highest BCUT2D eigenvalue weighted by molar-refractivity contribution is 5.90. The van der Waals surface area contributed by atoms with E-state index in [2.05, 4.69) is 9.97 Å². The van der Waals surface area contributed by atoms with Crippen LogP contribution < -0.4 is 0 Å². The van der Waals surface area contributed by atoms with Crippen LogP contribution in [0, 0.1) is 6.92 Å². The summed E-state index contributed by atoms with van der Waals surface area (Å²) in [6.45, 7) is 3.45. The van der Waals surface area contributed by atoms with Crippen molar-refractivity contribution in [1.82, 2.24) is 14.4 Å². The summed E-state index contributed by atoms with van der Waals surface area (Å²) in [7, 11) is 0. The third-order valence-corrected chi connectivity index (χ3v) is 2.31. The molecule has 0 amide bonds. The van der Waals surface area contributed by atoms with E-state index in [4.69, 9.17) is 4.74 Å². The van der Waals surface area contributed by atoms with Gasteiger partial charge < -0.3 is 4.74 Å². The maximum Gasteiger partial charge on any atom is 0.357 e. The monoisotopic (exact) mass is 255 g/mol. The van der Waals surface area contributed by atoms with E-state index in [0.717, 1.165) is 5.56 Å². The minimum absolute atomic E-state index is 0.0546. The third-order valence-electron chi connectivity index (χ3n) is 2.31. The predicted octanol–water partition coefficient (Wildman–Crippen LogP) is 2.15. The number of carbonyl (C=O) groups excluding carboxylic acids is 1. The Labute approximate surface area is 101 Å². The van der Waals surface area contributed by atoms with E-state index in [1.807, 2.05) is 0 Å².